The zero-order chi connectivity index (χ0) is 15.4. The molecule has 0 fully saturated rings. The molecule has 0 radical (unpaired) electrons. The molecule has 0 spiro atoms. The summed E-state index contributed by atoms with van der Waals surface area (Å²) in [5, 5.41) is 5.96. The smallest absolute Gasteiger partial charge is 0.116 e. The molecule has 2 nitrogen and oxygen atoms in total. The molecular weight excluding hydrogens is 320 g/mol. The van der Waals surface area contributed by atoms with Crippen molar-refractivity contribution in [1.29, 1.82) is 0 Å². The van der Waals surface area contributed by atoms with Crippen LogP contribution in [0.25, 0.3) is 41.6 Å². The monoisotopic (exact) mass is 332 g/mol. The molecule has 0 N–H and O–H groups in total. The van der Waals surface area contributed by atoms with Gasteiger partial charge >= 0.3 is 0 Å². The van der Waals surface area contributed by atoms with Crippen LogP contribution >= 0.6 is 22.7 Å². The van der Waals surface area contributed by atoms with Crippen LogP contribution in [0.4, 0.5) is 0 Å². The summed E-state index contributed by atoms with van der Waals surface area (Å²) in [7, 11) is 0. The Morgan fingerprint density at radius 3 is 2.70 bits per heavy atom. The van der Waals surface area contributed by atoms with Gasteiger partial charge in [-0.15, -0.1) is 22.7 Å². The van der Waals surface area contributed by atoms with Crippen molar-refractivity contribution in [2.75, 3.05) is 0 Å². The summed E-state index contributed by atoms with van der Waals surface area (Å²) in [6.45, 7) is 2.12. The summed E-state index contributed by atoms with van der Waals surface area (Å²) < 4.78 is 2.48. The van der Waals surface area contributed by atoms with E-state index < -0.39 is 0 Å². The molecule has 0 saturated carbocycles. The van der Waals surface area contributed by atoms with E-state index in [0.29, 0.717) is 0 Å². The first-order chi connectivity index (χ1) is 11.3. The number of aromatic nitrogens is 2. The number of nitrogens with zero attached hydrogens (tertiary/aromatic N) is 2. The lowest BCUT2D eigenvalue weighted by molar-refractivity contribution is 1.24. The van der Waals surface area contributed by atoms with Gasteiger partial charge in [0.15, 0.2) is 0 Å². The van der Waals surface area contributed by atoms with Crippen molar-refractivity contribution in [2.45, 2.75) is 6.92 Å². The third-order valence-corrected chi connectivity index (χ3v) is 6.40. The average molecular weight is 332 g/mol. The van der Waals surface area contributed by atoms with E-state index in [9.17, 15) is 0 Å². The third kappa shape index (κ3) is 1.92. The fraction of sp³-hybridized carbons (Fsp3) is 0.0526. The molecule has 0 aliphatic heterocycles. The molecule has 3 aromatic heterocycles. The summed E-state index contributed by atoms with van der Waals surface area (Å²) in [5.41, 5.74) is 3.40. The summed E-state index contributed by atoms with van der Waals surface area (Å²) in [6, 6.07) is 15.1. The number of hydrogen-bond acceptors (Lipinski definition) is 4. The Hall–Kier alpha value is -2.30. The second-order valence-electron chi connectivity index (χ2n) is 5.65. The Balaban J connectivity index is 1.94. The molecule has 0 aliphatic rings. The molecule has 0 aliphatic carbocycles. The van der Waals surface area contributed by atoms with Crippen LogP contribution in [-0.4, -0.2) is 9.97 Å². The van der Waals surface area contributed by atoms with E-state index in [1.54, 1.807) is 29.0 Å². The van der Waals surface area contributed by atoms with Crippen molar-refractivity contribution >= 4 is 53.7 Å². The van der Waals surface area contributed by atoms with E-state index in [1.165, 1.54) is 36.0 Å². The number of fused-ring (bicyclic) bond motifs is 5. The molecule has 0 amide bonds. The van der Waals surface area contributed by atoms with Gasteiger partial charge < -0.3 is 0 Å². The largest absolute Gasteiger partial charge is 0.235 e. The van der Waals surface area contributed by atoms with E-state index in [1.807, 2.05) is 0 Å². The van der Waals surface area contributed by atoms with Gasteiger partial charge in [-0.25, -0.2) is 9.97 Å². The van der Waals surface area contributed by atoms with Crippen LogP contribution in [0.3, 0.4) is 0 Å². The highest BCUT2D eigenvalue weighted by molar-refractivity contribution is 7.27. The number of benzene rings is 2. The van der Waals surface area contributed by atoms with E-state index >= 15 is 0 Å². The Bertz CT molecular complexity index is 1180. The molecule has 5 rings (SSSR count). The molecule has 110 valence electrons. The molecule has 2 aromatic carbocycles. The van der Waals surface area contributed by atoms with E-state index in [4.69, 9.17) is 0 Å². The Kier molecular flexibility index (Phi) is 2.77. The highest BCUT2D eigenvalue weighted by Crippen LogP contribution is 2.41. The fourth-order valence-electron chi connectivity index (χ4n) is 3.03. The van der Waals surface area contributed by atoms with Gasteiger partial charge in [0.25, 0.3) is 0 Å². The second-order valence-corrected chi connectivity index (χ2v) is 7.59. The zero-order valence-electron chi connectivity index (χ0n) is 12.4. The SMILES string of the molecule is Cc1csc(-c2ncnc3c2sc2c4ccccc4ccc32)c1. The lowest BCUT2D eigenvalue weighted by Crippen LogP contribution is -1.83. The average Bonchev–Trinajstić information content (AvgIpc) is 3.18. The van der Waals surface area contributed by atoms with Crippen molar-refractivity contribution in [3.05, 3.63) is 59.7 Å². The van der Waals surface area contributed by atoms with Crippen LogP contribution < -0.4 is 0 Å². The highest BCUT2D eigenvalue weighted by atomic mass is 32.1. The molecule has 5 aromatic rings. The molecular formula is C19H12N2S2. The lowest BCUT2D eigenvalue weighted by atomic mass is 10.1. The Morgan fingerprint density at radius 2 is 1.83 bits per heavy atom. The number of hydrogen-bond donors (Lipinski definition) is 0. The van der Waals surface area contributed by atoms with Gasteiger partial charge in [-0.1, -0.05) is 36.4 Å². The van der Waals surface area contributed by atoms with Crippen LogP contribution in [0.15, 0.2) is 54.2 Å². The maximum Gasteiger partial charge on any atom is 0.116 e. The van der Waals surface area contributed by atoms with Gasteiger partial charge in [0.1, 0.15) is 12.0 Å². The van der Waals surface area contributed by atoms with E-state index in [0.717, 1.165) is 11.2 Å². The highest BCUT2D eigenvalue weighted by Gasteiger charge is 2.15. The van der Waals surface area contributed by atoms with Crippen molar-refractivity contribution < 1.29 is 0 Å². The molecule has 0 saturated heterocycles. The molecule has 23 heavy (non-hydrogen) atoms. The topological polar surface area (TPSA) is 25.8 Å². The minimum atomic E-state index is 1.05. The van der Waals surface area contributed by atoms with Crippen LogP contribution in [0.5, 0.6) is 0 Å². The summed E-state index contributed by atoms with van der Waals surface area (Å²) in [5.74, 6) is 0. The Labute approximate surface area is 141 Å². The van der Waals surface area contributed by atoms with Gasteiger partial charge in [0.05, 0.1) is 15.1 Å². The summed E-state index contributed by atoms with van der Waals surface area (Å²) in [6.07, 6.45) is 1.69. The standard InChI is InChI=1S/C19H12N2S2/c1-11-8-15(22-9-11)17-19-16(20-10-21-17)14-7-6-12-4-2-3-5-13(12)18(14)23-19/h2-10H,1H3. The minimum Gasteiger partial charge on any atom is -0.235 e. The Morgan fingerprint density at radius 1 is 0.913 bits per heavy atom. The molecule has 0 bridgehead atoms. The maximum atomic E-state index is 4.58. The first kappa shape index (κ1) is 13.2. The molecule has 4 heteroatoms. The molecule has 3 heterocycles. The van der Waals surface area contributed by atoms with Gasteiger partial charge in [-0.2, -0.15) is 0 Å². The van der Waals surface area contributed by atoms with Crippen molar-refractivity contribution in [1.82, 2.24) is 9.97 Å². The zero-order valence-corrected chi connectivity index (χ0v) is 14.0. The van der Waals surface area contributed by atoms with Crippen molar-refractivity contribution in [3.63, 3.8) is 0 Å². The van der Waals surface area contributed by atoms with Gasteiger partial charge in [-0.3, -0.25) is 0 Å². The van der Waals surface area contributed by atoms with E-state index in [-0.39, 0.29) is 0 Å². The first-order valence-electron chi connectivity index (χ1n) is 7.42. The third-order valence-electron chi connectivity index (χ3n) is 4.11. The number of thiophene rings is 2. The van der Waals surface area contributed by atoms with Crippen LogP contribution in [0, 0.1) is 6.92 Å². The number of aryl methyl sites for hydroxylation is 1. The second kappa shape index (κ2) is 4.85. The molecule has 0 unspecified atom stereocenters. The first-order valence-corrected chi connectivity index (χ1v) is 9.11. The van der Waals surface area contributed by atoms with Gasteiger partial charge in [-0.05, 0) is 34.7 Å². The lowest BCUT2D eigenvalue weighted by Gasteiger charge is -1.98. The van der Waals surface area contributed by atoms with E-state index in [2.05, 4.69) is 64.7 Å². The van der Waals surface area contributed by atoms with Crippen molar-refractivity contribution in [3.8, 4) is 10.6 Å². The van der Waals surface area contributed by atoms with Gasteiger partial charge in [0, 0.05) is 10.1 Å². The van der Waals surface area contributed by atoms with Crippen LogP contribution in [-0.2, 0) is 0 Å². The van der Waals surface area contributed by atoms with Crippen molar-refractivity contribution in [2.24, 2.45) is 0 Å². The maximum absolute atomic E-state index is 4.58. The minimum absolute atomic E-state index is 1.05. The predicted octanol–water partition coefficient (Wildman–Crippen LogP) is 6.03. The normalized spacial score (nSPS) is 11.7. The number of rotatable bonds is 1. The summed E-state index contributed by atoms with van der Waals surface area (Å²) in [4.78, 5) is 10.4. The quantitative estimate of drug-likeness (QED) is 0.374. The summed E-state index contributed by atoms with van der Waals surface area (Å²) >= 11 is 3.55. The van der Waals surface area contributed by atoms with Crippen LogP contribution in [0.1, 0.15) is 5.56 Å². The van der Waals surface area contributed by atoms with Gasteiger partial charge in [0.2, 0.25) is 0 Å². The fourth-order valence-corrected chi connectivity index (χ4v) is 5.29. The van der Waals surface area contributed by atoms with Crippen LogP contribution in [0.2, 0.25) is 0 Å². The predicted molar refractivity (Wildman–Crippen MR) is 100 cm³/mol. The molecule has 0 atom stereocenters.